The van der Waals surface area contributed by atoms with Crippen LogP contribution >= 0.6 is 0 Å². The molecule has 2 aromatic rings. The normalized spacial score (nSPS) is 22.5. The summed E-state index contributed by atoms with van der Waals surface area (Å²) in [5, 5.41) is 0. The van der Waals surface area contributed by atoms with E-state index in [1.807, 2.05) is 19.1 Å². The number of carbonyl (C=O) groups excluding carboxylic acids is 2. The minimum absolute atomic E-state index is 0.00646. The predicted molar refractivity (Wildman–Crippen MR) is 154 cm³/mol. The number of allylic oxidation sites excluding steroid dienone is 1. The minimum Gasteiger partial charge on any atom is -0.463 e. The van der Waals surface area contributed by atoms with E-state index in [0.29, 0.717) is 11.5 Å². The second-order valence-electron chi connectivity index (χ2n) is 11.0. The Bertz CT molecular complexity index is 1400. The Morgan fingerprint density at radius 3 is 2.38 bits per heavy atom. The molecule has 3 aliphatic carbocycles. The summed E-state index contributed by atoms with van der Waals surface area (Å²) in [5.74, 6) is -1.49. The zero-order valence-electron chi connectivity index (χ0n) is 23.9. The molecule has 0 bridgehead atoms. The number of esters is 2. The van der Waals surface area contributed by atoms with Crippen molar-refractivity contribution in [2.75, 3.05) is 26.4 Å². The Kier molecular flexibility index (Phi) is 8.11. The van der Waals surface area contributed by atoms with Gasteiger partial charge in [-0.3, -0.25) is 4.79 Å². The number of aryl methyl sites for hydroxylation is 2. The Morgan fingerprint density at radius 1 is 1.00 bits per heavy atom. The molecule has 0 amide bonds. The van der Waals surface area contributed by atoms with Crippen molar-refractivity contribution in [2.24, 2.45) is 11.8 Å². The summed E-state index contributed by atoms with van der Waals surface area (Å²) in [5.41, 5.74) is 9.07. The number of rotatable bonds is 11. The van der Waals surface area contributed by atoms with Gasteiger partial charge in [0.1, 0.15) is 13.2 Å². The molecule has 0 N–H and O–H groups in total. The summed E-state index contributed by atoms with van der Waals surface area (Å²) in [6.07, 6.45) is 7.27. The van der Waals surface area contributed by atoms with Crippen molar-refractivity contribution in [3.63, 3.8) is 0 Å². The number of carbonyl (C=O) groups is 2. The van der Waals surface area contributed by atoms with Crippen LogP contribution in [-0.2, 0) is 40.7 Å². The third kappa shape index (κ3) is 5.30. The summed E-state index contributed by atoms with van der Waals surface area (Å²) in [4.78, 5) is 24.3. The summed E-state index contributed by atoms with van der Waals surface area (Å²) in [6, 6.07) is 12.6. The van der Waals surface area contributed by atoms with E-state index in [2.05, 4.69) is 56.8 Å². The SMILES string of the molecule is C=C(C)C(=O)OCCOC1(OCCOC(=O)C2CC2C)C(C)=C(c2ccccc2C)c2c1ccc1c2C=CCC1. The van der Waals surface area contributed by atoms with E-state index >= 15 is 0 Å². The number of benzene rings is 2. The van der Waals surface area contributed by atoms with Crippen molar-refractivity contribution in [1.82, 2.24) is 0 Å². The van der Waals surface area contributed by atoms with Crippen LogP contribution in [0.1, 0.15) is 67.0 Å². The third-order valence-electron chi connectivity index (χ3n) is 8.10. The van der Waals surface area contributed by atoms with Crippen LogP contribution in [0.25, 0.3) is 11.6 Å². The van der Waals surface area contributed by atoms with Crippen molar-refractivity contribution < 1.29 is 28.5 Å². The van der Waals surface area contributed by atoms with Crippen LogP contribution in [0.3, 0.4) is 0 Å². The Hall–Kier alpha value is -3.48. The molecular weight excluding hydrogens is 504 g/mol. The Balaban J connectivity index is 1.52. The molecule has 3 unspecified atom stereocenters. The summed E-state index contributed by atoms with van der Waals surface area (Å²) in [7, 11) is 0. The van der Waals surface area contributed by atoms with Crippen molar-refractivity contribution >= 4 is 23.6 Å². The van der Waals surface area contributed by atoms with Gasteiger partial charge < -0.3 is 18.9 Å². The maximum Gasteiger partial charge on any atom is 0.333 e. The van der Waals surface area contributed by atoms with Crippen LogP contribution in [0, 0.1) is 18.8 Å². The first-order valence-corrected chi connectivity index (χ1v) is 14.1. The largest absolute Gasteiger partial charge is 0.463 e. The van der Waals surface area contributed by atoms with Gasteiger partial charge in [0.2, 0.25) is 5.79 Å². The summed E-state index contributed by atoms with van der Waals surface area (Å²) in [6.45, 7) is 11.9. The van der Waals surface area contributed by atoms with Gasteiger partial charge in [-0.05, 0) is 84.9 Å². The van der Waals surface area contributed by atoms with Crippen LogP contribution in [0.2, 0.25) is 0 Å². The second kappa shape index (κ2) is 11.6. The number of ether oxygens (including phenoxy) is 4. The van der Waals surface area contributed by atoms with E-state index in [9.17, 15) is 9.59 Å². The molecule has 0 aliphatic heterocycles. The highest BCUT2D eigenvalue weighted by atomic mass is 16.7. The first-order valence-electron chi connectivity index (χ1n) is 14.1. The van der Waals surface area contributed by atoms with E-state index in [-0.39, 0.29) is 38.3 Å². The molecule has 0 radical (unpaired) electrons. The van der Waals surface area contributed by atoms with Gasteiger partial charge in [0.05, 0.1) is 19.1 Å². The lowest BCUT2D eigenvalue weighted by Crippen LogP contribution is -2.36. The van der Waals surface area contributed by atoms with Crippen LogP contribution in [0.5, 0.6) is 0 Å². The minimum atomic E-state index is -1.23. The molecule has 1 fully saturated rings. The maximum absolute atomic E-state index is 12.3. The topological polar surface area (TPSA) is 71.1 Å². The van der Waals surface area contributed by atoms with Gasteiger partial charge in [-0.1, -0.05) is 62.1 Å². The molecule has 0 aromatic heterocycles. The number of hydrogen-bond acceptors (Lipinski definition) is 6. The summed E-state index contributed by atoms with van der Waals surface area (Å²) < 4.78 is 24.1. The highest BCUT2D eigenvalue weighted by molar-refractivity contribution is 5.94. The van der Waals surface area contributed by atoms with Gasteiger partial charge in [0, 0.05) is 11.1 Å². The van der Waals surface area contributed by atoms with Crippen LogP contribution in [0.15, 0.2) is 60.2 Å². The van der Waals surface area contributed by atoms with Crippen LogP contribution in [0.4, 0.5) is 0 Å². The zero-order valence-corrected chi connectivity index (χ0v) is 23.9. The molecule has 0 saturated heterocycles. The van der Waals surface area contributed by atoms with Gasteiger partial charge in [-0.15, -0.1) is 0 Å². The average Bonchev–Trinajstić information content (AvgIpc) is 3.63. The van der Waals surface area contributed by atoms with Gasteiger partial charge in [0.25, 0.3) is 0 Å². The van der Waals surface area contributed by atoms with Crippen LogP contribution < -0.4 is 0 Å². The van der Waals surface area contributed by atoms with Crippen LogP contribution in [-0.4, -0.2) is 38.4 Å². The lowest BCUT2D eigenvalue weighted by atomic mass is 9.86. The van der Waals surface area contributed by atoms with Crippen molar-refractivity contribution in [3.8, 4) is 0 Å². The van der Waals surface area contributed by atoms with E-state index in [0.717, 1.165) is 52.7 Å². The molecule has 1 saturated carbocycles. The molecule has 5 rings (SSSR count). The van der Waals surface area contributed by atoms with Gasteiger partial charge in [-0.2, -0.15) is 0 Å². The quantitative estimate of drug-likeness (QED) is 0.144. The molecule has 40 heavy (non-hydrogen) atoms. The van der Waals surface area contributed by atoms with Crippen molar-refractivity contribution in [3.05, 3.63) is 93.6 Å². The molecule has 3 atom stereocenters. The third-order valence-corrected chi connectivity index (χ3v) is 8.10. The lowest BCUT2D eigenvalue weighted by Gasteiger charge is -2.33. The molecular formula is C34H38O6. The van der Waals surface area contributed by atoms with Crippen molar-refractivity contribution in [2.45, 2.75) is 52.7 Å². The molecule has 6 heteroatoms. The smallest absolute Gasteiger partial charge is 0.333 e. The van der Waals surface area contributed by atoms with Gasteiger partial charge in [0.15, 0.2) is 0 Å². The molecule has 0 spiro atoms. The molecule has 2 aromatic carbocycles. The van der Waals surface area contributed by atoms with E-state index in [1.165, 1.54) is 11.1 Å². The Labute approximate surface area is 236 Å². The Morgan fingerprint density at radius 2 is 1.70 bits per heavy atom. The monoisotopic (exact) mass is 542 g/mol. The van der Waals surface area contributed by atoms with Gasteiger partial charge >= 0.3 is 11.9 Å². The highest BCUT2D eigenvalue weighted by Crippen LogP contribution is 2.53. The number of hydrogen-bond donors (Lipinski definition) is 0. The lowest BCUT2D eigenvalue weighted by molar-refractivity contribution is -0.228. The fourth-order valence-corrected chi connectivity index (χ4v) is 5.74. The molecule has 0 heterocycles. The van der Waals surface area contributed by atoms with Crippen molar-refractivity contribution in [1.29, 1.82) is 0 Å². The first kappa shape index (κ1) is 28.1. The van der Waals surface area contributed by atoms with E-state index in [1.54, 1.807) is 6.92 Å². The average molecular weight is 543 g/mol. The standard InChI is InChI=1S/C34H38O6/c1-21(2)32(35)37-16-18-39-34(40-19-17-38-33(36)28-20-23(28)4)24(5)30(26-12-8-6-10-22(26)3)31-27-13-9-7-11-25(27)14-15-29(31)34/h6,8-10,12-15,23,28H,1,7,11,16-20H2,2-5H3. The second-order valence-corrected chi connectivity index (χ2v) is 11.0. The predicted octanol–water partition coefficient (Wildman–Crippen LogP) is 6.29. The number of fused-ring (bicyclic) bond motifs is 3. The maximum atomic E-state index is 12.3. The fourth-order valence-electron chi connectivity index (χ4n) is 5.74. The van der Waals surface area contributed by atoms with E-state index in [4.69, 9.17) is 18.9 Å². The van der Waals surface area contributed by atoms with Gasteiger partial charge in [-0.25, -0.2) is 4.79 Å². The summed E-state index contributed by atoms with van der Waals surface area (Å²) >= 11 is 0. The molecule has 210 valence electrons. The van der Waals surface area contributed by atoms with E-state index < -0.39 is 11.8 Å². The highest BCUT2D eigenvalue weighted by Gasteiger charge is 2.48. The first-order chi connectivity index (χ1) is 19.2. The zero-order chi connectivity index (χ0) is 28.4. The fraction of sp³-hybridized carbons (Fsp3) is 0.412. The molecule has 6 nitrogen and oxygen atoms in total. The molecule has 3 aliphatic rings.